The predicted octanol–water partition coefficient (Wildman–Crippen LogP) is -0.473. The maximum atomic E-state index is 12.8. The second kappa shape index (κ2) is 10.4. The van der Waals surface area contributed by atoms with Crippen LogP contribution < -0.4 is 30.4 Å². The van der Waals surface area contributed by atoms with E-state index >= 15 is 0 Å². The molecule has 1 aromatic carbocycles. The van der Waals surface area contributed by atoms with Crippen LogP contribution in [-0.4, -0.2) is 83.0 Å². The Balaban J connectivity index is 1.37. The van der Waals surface area contributed by atoms with Gasteiger partial charge in [-0.2, -0.15) is 0 Å². The van der Waals surface area contributed by atoms with Crippen molar-refractivity contribution in [2.24, 2.45) is 0 Å². The molecule has 0 spiro atoms. The van der Waals surface area contributed by atoms with E-state index in [0.29, 0.717) is 62.2 Å². The minimum atomic E-state index is -1.26. The first-order chi connectivity index (χ1) is 18.0. The van der Waals surface area contributed by atoms with Crippen LogP contribution in [0.3, 0.4) is 0 Å². The fourth-order valence-electron chi connectivity index (χ4n) is 4.30. The van der Waals surface area contributed by atoms with E-state index in [1.807, 2.05) is 10.6 Å². The molecule has 0 radical (unpaired) electrons. The first kappa shape index (κ1) is 24.4. The van der Waals surface area contributed by atoms with Crippen LogP contribution in [0.2, 0.25) is 0 Å². The number of hydrogen-bond donors (Lipinski definition) is 4. The number of aliphatic hydroxyl groups is 1. The molecule has 4 heterocycles. The fourth-order valence-corrected chi connectivity index (χ4v) is 4.30. The Labute approximate surface area is 211 Å². The number of carbonyl (C=O) groups is 2. The monoisotopic (exact) mass is 511 g/mol. The standard InChI is InChI=1S/C23H26N8O6/c1-35-17-15(36-9-2-6-30-8-10-37-21(34)20(30)33)4-3-14-16(17)28-23(31-7-5-25-18(14)31)29-19(32)13-11-26-22(24)27-12-13/h3-4,11-12,20,33H,2,5-10H2,1H3,(H3,24,25,26,27,28,29,32)/p+1. The molecule has 1 saturated heterocycles. The molecule has 2 aliphatic heterocycles. The lowest BCUT2D eigenvalue weighted by Crippen LogP contribution is -2.49. The molecule has 5 N–H and O–H groups in total. The number of morpholine rings is 1. The van der Waals surface area contributed by atoms with Gasteiger partial charge in [0.1, 0.15) is 6.61 Å². The number of rotatable bonds is 8. The number of anilines is 3. The van der Waals surface area contributed by atoms with Crippen molar-refractivity contribution in [1.82, 2.24) is 19.9 Å². The molecule has 194 valence electrons. The molecule has 0 saturated carbocycles. The van der Waals surface area contributed by atoms with Gasteiger partial charge in [0, 0.05) is 25.5 Å². The zero-order valence-electron chi connectivity index (χ0n) is 20.1. The number of nitrogens with zero attached hydrogens (tertiary/aromatic N) is 5. The van der Waals surface area contributed by atoms with Crippen molar-refractivity contribution in [2.75, 3.05) is 56.3 Å². The van der Waals surface area contributed by atoms with Crippen molar-refractivity contribution in [2.45, 2.75) is 19.2 Å². The number of carbonyl (C=O) groups excluding carboxylic acids is 2. The molecule has 1 fully saturated rings. The van der Waals surface area contributed by atoms with Crippen LogP contribution in [0.4, 0.5) is 17.7 Å². The van der Waals surface area contributed by atoms with E-state index < -0.39 is 18.1 Å². The first-order valence-electron chi connectivity index (χ1n) is 11.7. The average Bonchev–Trinajstić information content (AvgIpc) is 3.40. The molecule has 0 bridgehead atoms. The second-order valence-corrected chi connectivity index (χ2v) is 8.42. The number of amides is 1. The minimum absolute atomic E-state index is 0.0757. The Hall–Kier alpha value is -4.30. The van der Waals surface area contributed by atoms with E-state index in [1.165, 1.54) is 19.5 Å². The summed E-state index contributed by atoms with van der Waals surface area (Å²) in [5, 5.41) is 16.9. The van der Waals surface area contributed by atoms with Crippen molar-refractivity contribution in [3.63, 3.8) is 0 Å². The van der Waals surface area contributed by atoms with Crippen LogP contribution in [0.1, 0.15) is 16.8 Å². The number of nitrogens with one attached hydrogen (secondary N) is 2. The van der Waals surface area contributed by atoms with Gasteiger partial charge in [0.05, 0.1) is 37.8 Å². The smallest absolute Gasteiger partial charge is 0.355 e. The minimum Gasteiger partial charge on any atom is -0.490 e. The average molecular weight is 512 g/mol. The van der Waals surface area contributed by atoms with Gasteiger partial charge < -0.3 is 30.4 Å². The molecule has 14 nitrogen and oxygen atoms in total. The summed E-state index contributed by atoms with van der Waals surface area (Å²) in [6, 6.07) is 3.69. The van der Waals surface area contributed by atoms with Crippen molar-refractivity contribution in [1.29, 1.82) is 0 Å². The Kier molecular flexibility index (Phi) is 6.83. The highest BCUT2D eigenvalue weighted by molar-refractivity contribution is 6.03. The lowest BCUT2D eigenvalue weighted by Gasteiger charge is -2.30. The Morgan fingerprint density at radius 3 is 2.97 bits per heavy atom. The number of methoxy groups -OCH3 is 1. The van der Waals surface area contributed by atoms with E-state index in [2.05, 4.69) is 20.6 Å². The molecule has 1 amide bonds. The maximum absolute atomic E-state index is 12.8. The molecule has 5 rings (SSSR count). The summed E-state index contributed by atoms with van der Waals surface area (Å²) in [7, 11) is 1.52. The third kappa shape index (κ3) is 4.88. The number of esters is 1. The topological polar surface area (TPSA) is 178 Å². The van der Waals surface area contributed by atoms with Crippen LogP contribution in [0.5, 0.6) is 11.5 Å². The van der Waals surface area contributed by atoms with Gasteiger partial charge in [-0.25, -0.2) is 24.6 Å². The van der Waals surface area contributed by atoms with Crippen molar-refractivity contribution >= 4 is 40.5 Å². The SMILES string of the molecule is COc1c(OCCCN2CCOC(=O)C2O)ccc2c3[n+](c(NC(=O)c4cnc(N)nc4)nc12)CCN3. The zero-order valence-corrected chi connectivity index (χ0v) is 20.1. The van der Waals surface area contributed by atoms with Crippen molar-refractivity contribution in [3.05, 3.63) is 30.1 Å². The largest absolute Gasteiger partial charge is 0.490 e. The van der Waals surface area contributed by atoms with Crippen LogP contribution in [0.15, 0.2) is 24.5 Å². The van der Waals surface area contributed by atoms with Gasteiger partial charge in [0.2, 0.25) is 18.0 Å². The Morgan fingerprint density at radius 2 is 2.19 bits per heavy atom. The normalized spacial score (nSPS) is 17.1. The number of ether oxygens (including phenoxy) is 3. The van der Waals surface area contributed by atoms with Gasteiger partial charge in [-0.15, -0.1) is 4.98 Å². The molecule has 2 aromatic heterocycles. The first-order valence-corrected chi connectivity index (χ1v) is 11.7. The van der Waals surface area contributed by atoms with Gasteiger partial charge in [-0.05, 0) is 18.6 Å². The van der Waals surface area contributed by atoms with E-state index in [4.69, 9.17) is 24.9 Å². The third-order valence-electron chi connectivity index (χ3n) is 6.11. The number of hydrogen-bond acceptors (Lipinski definition) is 12. The maximum Gasteiger partial charge on any atom is 0.355 e. The van der Waals surface area contributed by atoms with Crippen molar-refractivity contribution in [3.8, 4) is 11.5 Å². The summed E-state index contributed by atoms with van der Waals surface area (Å²) < 4.78 is 18.4. The molecular weight excluding hydrogens is 484 g/mol. The van der Waals surface area contributed by atoms with E-state index in [9.17, 15) is 14.7 Å². The summed E-state index contributed by atoms with van der Waals surface area (Å²) in [4.78, 5) is 38.4. The second-order valence-electron chi connectivity index (χ2n) is 8.42. The van der Waals surface area contributed by atoms with Gasteiger partial charge in [0.15, 0.2) is 17.0 Å². The van der Waals surface area contributed by atoms with Crippen LogP contribution in [0, 0.1) is 0 Å². The molecule has 37 heavy (non-hydrogen) atoms. The molecule has 14 heteroatoms. The summed E-state index contributed by atoms with van der Waals surface area (Å²) in [5.41, 5.74) is 6.27. The Morgan fingerprint density at radius 1 is 1.38 bits per heavy atom. The van der Waals surface area contributed by atoms with E-state index in [-0.39, 0.29) is 18.1 Å². The van der Waals surface area contributed by atoms with Crippen LogP contribution in [-0.2, 0) is 16.1 Å². The molecule has 2 aliphatic rings. The molecule has 1 unspecified atom stereocenters. The molecular formula is C23H27N8O6+. The highest BCUT2D eigenvalue weighted by atomic mass is 16.6. The Bertz CT molecular complexity index is 1340. The van der Waals surface area contributed by atoms with Gasteiger partial charge in [0.25, 0.3) is 0 Å². The highest BCUT2D eigenvalue weighted by Gasteiger charge is 2.30. The zero-order chi connectivity index (χ0) is 25.9. The highest BCUT2D eigenvalue weighted by Crippen LogP contribution is 2.37. The third-order valence-corrected chi connectivity index (χ3v) is 6.11. The number of nitrogen functional groups attached to an aromatic ring is 1. The summed E-state index contributed by atoms with van der Waals surface area (Å²) >= 11 is 0. The molecule has 3 aromatic rings. The fraction of sp³-hybridized carbons (Fsp3) is 0.391. The van der Waals surface area contributed by atoms with Gasteiger partial charge in [-0.3, -0.25) is 9.69 Å². The number of aliphatic hydroxyl groups excluding tert-OH is 1. The summed E-state index contributed by atoms with van der Waals surface area (Å²) in [6.07, 6.45) is 2.00. The van der Waals surface area contributed by atoms with E-state index in [1.54, 1.807) is 11.0 Å². The predicted molar refractivity (Wildman–Crippen MR) is 130 cm³/mol. The number of nitrogens with two attached hydrogens (primary N) is 1. The number of cyclic esters (lactones) is 1. The quantitative estimate of drug-likeness (QED) is 0.174. The summed E-state index contributed by atoms with van der Waals surface area (Å²) in [6.45, 7) is 2.78. The van der Waals surface area contributed by atoms with Crippen LogP contribution in [0.25, 0.3) is 10.9 Å². The van der Waals surface area contributed by atoms with Crippen LogP contribution >= 0.6 is 0 Å². The number of fused-ring (bicyclic) bond motifs is 3. The van der Waals surface area contributed by atoms with Crippen molar-refractivity contribution < 1.29 is 33.5 Å². The van der Waals surface area contributed by atoms with Gasteiger partial charge in [-0.1, -0.05) is 0 Å². The number of benzene rings is 1. The van der Waals surface area contributed by atoms with Gasteiger partial charge >= 0.3 is 17.8 Å². The van der Waals surface area contributed by atoms with E-state index in [0.717, 1.165) is 11.2 Å². The lowest BCUT2D eigenvalue weighted by molar-refractivity contribution is -0.657. The number of aromatic nitrogens is 4. The lowest BCUT2D eigenvalue weighted by atomic mass is 10.2. The molecule has 0 aliphatic carbocycles. The molecule has 1 atom stereocenters. The summed E-state index contributed by atoms with van der Waals surface area (Å²) in [5.74, 6) is 1.03.